The molecule has 20 heavy (non-hydrogen) atoms. The van der Waals surface area contributed by atoms with Crippen molar-refractivity contribution in [2.75, 3.05) is 12.0 Å². The lowest BCUT2D eigenvalue weighted by molar-refractivity contribution is -0.139. The SMILES string of the molecule is C#CCC(CC)NC(=O)NC(CCS(C)(=O)=O)C(=O)O. The van der Waals surface area contributed by atoms with Gasteiger partial charge in [-0.3, -0.25) is 0 Å². The molecular formula is C12H20N2O5S. The van der Waals surface area contributed by atoms with Gasteiger partial charge < -0.3 is 15.7 Å². The Balaban J connectivity index is 4.49. The number of rotatable bonds is 8. The van der Waals surface area contributed by atoms with E-state index in [9.17, 15) is 18.0 Å². The van der Waals surface area contributed by atoms with Crippen LogP contribution < -0.4 is 10.6 Å². The molecule has 0 rings (SSSR count). The first-order valence-electron chi connectivity index (χ1n) is 6.10. The van der Waals surface area contributed by atoms with Crippen molar-refractivity contribution >= 4 is 21.8 Å². The van der Waals surface area contributed by atoms with E-state index in [1.54, 1.807) is 0 Å². The van der Waals surface area contributed by atoms with E-state index < -0.39 is 27.9 Å². The predicted molar refractivity (Wildman–Crippen MR) is 74.9 cm³/mol. The van der Waals surface area contributed by atoms with Gasteiger partial charge in [0.15, 0.2) is 0 Å². The summed E-state index contributed by atoms with van der Waals surface area (Å²) in [6, 6.07) is -2.18. The smallest absolute Gasteiger partial charge is 0.326 e. The number of terminal acetylenes is 1. The second-order valence-corrected chi connectivity index (χ2v) is 6.70. The summed E-state index contributed by atoms with van der Waals surface area (Å²) in [7, 11) is -3.29. The number of carbonyl (C=O) groups is 2. The van der Waals surface area contributed by atoms with Gasteiger partial charge in [0.2, 0.25) is 0 Å². The number of nitrogens with one attached hydrogen (secondary N) is 2. The largest absolute Gasteiger partial charge is 0.480 e. The minimum Gasteiger partial charge on any atom is -0.480 e. The highest BCUT2D eigenvalue weighted by atomic mass is 32.2. The third-order valence-electron chi connectivity index (χ3n) is 2.57. The molecule has 0 aromatic carbocycles. The minimum atomic E-state index is -3.29. The van der Waals surface area contributed by atoms with Crippen molar-refractivity contribution in [3.8, 4) is 12.3 Å². The first-order valence-corrected chi connectivity index (χ1v) is 8.16. The van der Waals surface area contributed by atoms with Crippen molar-refractivity contribution in [1.82, 2.24) is 10.6 Å². The lowest BCUT2D eigenvalue weighted by Gasteiger charge is -2.18. The highest BCUT2D eigenvalue weighted by Gasteiger charge is 2.22. The van der Waals surface area contributed by atoms with Gasteiger partial charge in [-0.25, -0.2) is 18.0 Å². The Morgan fingerprint density at radius 2 is 1.95 bits per heavy atom. The molecule has 0 aromatic heterocycles. The van der Waals surface area contributed by atoms with Gasteiger partial charge in [-0.1, -0.05) is 6.92 Å². The molecular weight excluding hydrogens is 284 g/mol. The maximum atomic E-state index is 11.6. The van der Waals surface area contributed by atoms with Crippen molar-refractivity contribution in [3.63, 3.8) is 0 Å². The summed E-state index contributed by atoms with van der Waals surface area (Å²) in [5.74, 6) is 0.810. The number of aliphatic carboxylic acids is 1. The van der Waals surface area contributed by atoms with Gasteiger partial charge in [-0.2, -0.15) is 0 Å². The van der Waals surface area contributed by atoms with E-state index >= 15 is 0 Å². The molecule has 0 fully saturated rings. The number of urea groups is 1. The van der Waals surface area contributed by atoms with Crippen LogP contribution in [0.4, 0.5) is 4.79 Å². The second kappa shape index (κ2) is 8.43. The second-order valence-electron chi connectivity index (χ2n) is 4.44. The molecule has 0 saturated heterocycles. The Morgan fingerprint density at radius 3 is 2.35 bits per heavy atom. The quantitative estimate of drug-likeness (QED) is 0.545. The zero-order valence-electron chi connectivity index (χ0n) is 11.5. The molecule has 114 valence electrons. The number of amides is 2. The summed E-state index contributed by atoms with van der Waals surface area (Å²) in [6.07, 6.45) is 6.91. The number of carboxylic acids is 1. The Morgan fingerprint density at radius 1 is 1.35 bits per heavy atom. The highest BCUT2D eigenvalue weighted by Crippen LogP contribution is 1.99. The Hall–Kier alpha value is -1.75. The molecule has 2 atom stereocenters. The van der Waals surface area contributed by atoms with Gasteiger partial charge in [0.1, 0.15) is 15.9 Å². The van der Waals surface area contributed by atoms with Crippen molar-refractivity contribution in [2.45, 2.75) is 38.3 Å². The predicted octanol–water partition coefficient (Wildman–Crippen LogP) is -0.0246. The fourth-order valence-electron chi connectivity index (χ4n) is 1.41. The van der Waals surface area contributed by atoms with Gasteiger partial charge in [0, 0.05) is 18.7 Å². The molecule has 0 heterocycles. The normalized spacial score (nSPS) is 13.8. The fraction of sp³-hybridized carbons (Fsp3) is 0.667. The summed E-state index contributed by atoms with van der Waals surface area (Å²) in [6.45, 7) is 1.83. The van der Waals surface area contributed by atoms with Crippen molar-refractivity contribution in [1.29, 1.82) is 0 Å². The summed E-state index contributed by atoms with van der Waals surface area (Å²) in [5.41, 5.74) is 0. The van der Waals surface area contributed by atoms with Gasteiger partial charge in [-0.05, 0) is 12.8 Å². The summed E-state index contributed by atoms with van der Waals surface area (Å²) >= 11 is 0. The third-order valence-corrected chi connectivity index (χ3v) is 3.55. The number of hydrogen-bond donors (Lipinski definition) is 3. The first kappa shape index (κ1) is 18.2. The molecule has 0 saturated carbocycles. The lowest BCUT2D eigenvalue weighted by atomic mass is 10.1. The molecule has 0 aliphatic carbocycles. The zero-order chi connectivity index (χ0) is 15.8. The number of carbonyl (C=O) groups excluding carboxylic acids is 1. The molecule has 0 spiro atoms. The molecule has 0 aromatic rings. The van der Waals surface area contributed by atoms with Gasteiger partial charge in [0.25, 0.3) is 0 Å². The Labute approximate surface area is 119 Å². The van der Waals surface area contributed by atoms with Crippen LogP contribution in [0.15, 0.2) is 0 Å². The van der Waals surface area contributed by atoms with E-state index in [2.05, 4.69) is 16.6 Å². The lowest BCUT2D eigenvalue weighted by Crippen LogP contribution is -2.49. The van der Waals surface area contributed by atoms with E-state index in [1.165, 1.54) is 0 Å². The molecule has 8 heteroatoms. The van der Waals surface area contributed by atoms with Crippen molar-refractivity contribution < 1.29 is 23.1 Å². The number of sulfone groups is 1. The molecule has 2 unspecified atom stereocenters. The third kappa shape index (κ3) is 8.37. The van der Waals surface area contributed by atoms with Crippen LogP contribution in [0.2, 0.25) is 0 Å². The van der Waals surface area contributed by atoms with Crippen molar-refractivity contribution in [3.05, 3.63) is 0 Å². The van der Waals surface area contributed by atoms with E-state index in [-0.39, 0.29) is 18.2 Å². The minimum absolute atomic E-state index is 0.187. The van der Waals surface area contributed by atoms with Crippen LogP contribution in [0.25, 0.3) is 0 Å². The monoisotopic (exact) mass is 304 g/mol. The fourth-order valence-corrected chi connectivity index (χ4v) is 2.08. The number of carboxylic acid groups (broad SMARTS) is 1. The topological polar surface area (TPSA) is 113 Å². The molecule has 7 nitrogen and oxygen atoms in total. The average Bonchev–Trinajstić information content (AvgIpc) is 2.32. The van der Waals surface area contributed by atoms with Crippen LogP contribution >= 0.6 is 0 Å². The Kier molecular flexibility index (Phi) is 7.69. The van der Waals surface area contributed by atoms with Gasteiger partial charge in [0.05, 0.1) is 5.75 Å². The van der Waals surface area contributed by atoms with Gasteiger partial charge in [-0.15, -0.1) is 12.3 Å². The van der Waals surface area contributed by atoms with Crippen LogP contribution in [-0.4, -0.2) is 49.6 Å². The summed E-state index contributed by atoms with van der Waals surface area (Å²) in [4.78, 5) is 22.6. The summed E-state index contributed by atoms with van der Waals surface area (Å²) in [5, 5.41) is 13.7. The molecule has 3 N–H and O–H groups in total. The molecule has 0 aliphatic rings. The van der Waals surface area contributed by atoms with Crippen LogP contribution in [0.3, 0.4) is 0 Å². The maximum Gasteiger partial charge on any atom is 0.326 e. The molecule has 2 amide bonds. The van der Waals surface area contributed by atoms with Crippen LogP contribution in [0.1, 0.15) is 26.2 Å². The standard InChI is InChI=1S/C12H20N2O5S/c1-4-6-9(5-2)13-12(17)14-10(11(15)16)7-8-20(3,18)19/h1,9-10H,5-8H2,2-3H3,(H,15,16)(H2,13,14,17). The molecule has 0 radical (unpaired) electrons. The Bertz CT molecular complexity index is 481. The van der Waals surface area contributed by atoms with Crippen LogP contribution in [0.5, 0.6) is 0 Å². The molecule has 0 bridgehead atoms. The zero-order valence-corrected chi connectivity index (χ0v) is 12.4. The van der Waals surface area contributed by atoms with E-state index in [1.807, 2.05) is 6.92 Å². The van der Waals surface area contributed by atoms with Gasteiger partial charge >= 0.3 is 12.0 Å². The van der Waals surface area contributed by atoms with E-state index in [0.29, 0.717) is 12.8 Å². The van der Waals surface area contributed by atoms with E-state index in [0.717, 1.165) is 6.26 Å². The summed E-state index contributed by atoms with van der Waals surface area (Å²) < 4.78 is 22.0. The highest BCUT2D eigenvalue weighted by molar-refractivity contribution is 7.90. The van der Waals surface area contributed by atoms with E-state index in [4.69, 9.17) is 11.5 Å². The molecule has 0 aliphatic heterocycles. The first-order chi connectivity index (χ1) is 9.19. The number of hydrogen-bond acceptors (Lipinski definition) is 4. The average molecular weight is 304 g/mol. The maximum absolute atomic E-state index is 11.6. The van der Waals surface area contributed by atoms with Crippen LogP contribution in [-0.2, 0) is 14.6 Å². The van der Waals surface area contributed by atoms with Crippen LogP contribution in [0, 0.1) is 12.3 Å². The van der Waals surface area contributed by atoms with Crippen molar-refractivity contribution in [2.24, 2.45) is 0 Å².